The fraction of sp³-hybridized carbons (Fsp3) is 0.758. The van der Waals surface area contributed by atoms with Crippen LogP contribution >= 0.6 is 0 Å². The molecular weight excluding hydrogens is 1050 g/mol. The van der Waals surface area contributed by atoms with Crippen molar-refractivity contribution in [1.29, 1.82) is 0 Å². The molecule has 19 nitrogen and oxygen atoms in total. The number of hydrogen-bond acceptors (Lipinski definition) is 18. The highest BCUT2D eigenvalue weighted by atomic mass is 16.8. The zero-order valence-electron chi connectivity index (χ0n) is 48.5. The Morgan fingerprint density at radius 1 is 0.457 bits per heavy atom. The first-order valence-corrected chi connectivity index (χ1v) is 30.3. The van der Waals surface area contributed by atoms with Crippen LogP contribution < -0.4 is 5.32 Å². The topological polar surface area (TPSA) is 307 Å². The van der Waals surface area contributed by atoms with Crippen LogP contribution in [0.15, 0.2) is 85.1 Å². The fourth-order valence-corrected chi connectivity index (χ4v) is 9.70. The SMILES string of the molecule is CC/C=C\C/C=C\C/C=C\C/C=C\C/C=C\CCCCCCCC(=O)NC(COC1OC(CO)C(OC2OC(CO)C(OC3OC(CO)C(O)C(O)C3O)C(O)C2O)C(O)C1O)C(O)/C=C/CC/C=C/CCCCCCCCCCC. The smallest absolute Gasteiger partial charge is 0.220 e. The number of hydrogen-bond donors (Lipinski definition) is 12. The molecule has 3 saturated heterocycles. The van der Waals surface area contributed by atoms with Gasteiger partial charge >= 0.3 is 0 Å². The number of carbonyl (C=O) groups is 1. The van der Waals surface area contributed by atoms with Gasteiger partial charge in [0.05, 0.1) is 38.6 Å². The molecule has 0 aromatic rings. The van der Waals surface area contributed by atoms with E-state index < -0.39 is 124 Å². The average Bonchev–Trinajstić information content (AvgIpc) is 3.46. The van der Waals surface area contributed by atoms with E-state index in [1.54, 1.807) is 6.08 Å². The molecule has 17 atom stereocenters. The Labute approximate surface area is 482 Å². The van der Waals surface area contributed by atoms with Gasteiger partial charge in [0.15, 0.2) is 18.9 Å². The number of rotatable bonds is 43. The fourth-order valence-electron chi connectivity index (χ4n) is 9.70. The second-order valence-corrected chi connectivity index (χ2v) is 21.4. The van der Waals surface area contributed by atoms with Crippen molar-refractivity contribution < 1.29 is 89.4 Å². The lowest BCUT2D eigenvalue weighted by Crippen LogP contribution is -2.66. The Morgan fingerprint density at radius 3 is 1.38 bits per heavy atom. The number of carbonyl (C=O) groups excluding carboxylic acids is 1. The molecule has 3 fully saturated rings. The van der Waals surface area contributed by atoms with Crippen LogP contribution in [0.4, 0.5) is 0 Å². The summed E-state index contributed by atoms with van der Waals surface area (Å²) in [7, 11) is 0. The first-order valence-electron chi connectivity index (χ1n) is 30.3. The van der Waals surface area contributed by atoms with E-state index in [4.69, 9.17) is 28.4 Å². The van der Waals surface area contributed by atoms with Crippen molar-refractivity contribution in [3.05, 3.63) is 85.1 Å². The molecule has 3 aliphatic rings. The zero-order valence-corrected chi connectivity index (χ0v) is 48.5. The van der Waals surface area contributed by atoms with Crippen molar-refractivity contribution in [1.82, 2.24) is 5.32 Å². The molecule has 466 valence electrons. The van der Waals surface area contributed by atoms with Crippen LogP contribution in [0.25, 0.3) is 0 Å². The standard InChI is InChI=1S/C62H105NO18/c1-3-5-7-9-11-13-15-17-19-20-21-22-23-24-26-28-30-32-34-36-38-40-50(68)63-45(46(67)39-37-35-33-31-29-27-25-18-16-14-12-10-8-6-4-2)44-76-60-56(74)53(71)58(48(42-65)78-60)81-62-57(75)54(72)59(49(43-66)79-62)80-61-55(73)52(70)51(69)47(41-64)77-61/h5,7,11,13,17,19,21-22,24,26,29,31,37,39,45-49,51-62,64-67,69-75H,3-4,6,8-10,12,14-16,18,20,23,25,27-28,30,32-36,38,40-44H2,1-2H3,(H,63,68)/b7-5-,13-11-,19-17-,22-21-,26-24-,31-29+,39-37+. The molecule has 0 spiro atoms. The van der Waals surface area contributed by atoms with Gasteiger partial charge in [0.1, 0.15) is 73.2 Å². The molecular formula is C62H105NO18. The Kier molecular flexibility index (Phi) is 39.6. The van der Waals surface area contributed by atoms with Crippen molar-refractivity contribution in [2.75, 3.05) is 26.4 Å². The molecule has 12 N–H and O–H groups in total. The van der Waals surface area contributed by atoms with Gasteiger partial charge in [0.2, 0.25) is 5.91 Å². The van der Waals surface area contributed by atoms with E-state index in [0.717, 1.165) is 83.5 Å². The third-order valence-corrected chi connectivity index (χ3v) is 14.7. The van der Waals surface area contributed by atoms with Crippen molar-refractivity contribution in [3.8, 4) is 0 Å². The van der Waals surface area contributed by atoms with Gasteiger partial charge in [-0.15, -0.1) is 0 Å². The molecule has 0 aromatic heterocycles. The zero-order chi connectivity index (χ0) is 59.0. The highest BCUT2D eigenvalue weighted by Crippen LogP contribution is 2.33. The van der Waals surface area contributed by atoms with Gasteiger partial charge in [0.25, 0.3) is 0 Å². The van der Waals surface area contributed by atoms with Gasteiger partial charge in [-0.2, -0.15) is 0 Å². The first kappa shape index (κ1) is 72.2. The van der Waals surface area contributed by atoms with E-state index in [-0.39, 0.29) is 18.9 Å². The minimum Gasteiger partial charge on any atom is -0.394 e. The van der Waals surface area contributed by atoms with E-state index in [9.17, 15) is 61.0 Å². The highest BCUT2D eigenvalue weighted by Gasteiger charge is 2.53. The molecule has 81 heavy (non-hydrogen) atoms. The van der Waals surface area contributed by atoms with Crippen molar-refractivity contribution in [2.45, 2.75) is 272 Å². The Balaban J connectivity index is 1.52. The molecule has 0 radical (unpaired) electrons. The van der Waals surface area contributed by atoms with Crippen LogP contribution in [0.3, 0.4) is 0 Å². The summed E-state index contributed by atoms with van der Waals surface area (Å²) < 4.78 is 34.2. The molecule has 0 aromatic carbocycles. The van der Waals surface area contributed by atoms with Gasteiger partial charge in [0, 0.05) is 6.42 Å². The summed E-state index contributed by atoms with van der Waals surface area (Å²) in [6, 6.07) is -1.00. The third kappa shape index (κ3) is 28.1. The number of nitrogens with one attached hydrogen (secondary N) is 1. The highest BCUT2D eigenvalue weighted by molar-refractivity contribution is 5.76. The maximum atomic E-state index is 13.3. The number of amides is 1. The summed E-state index contributed by atoms with van der Waals surface area (Å²) in [5.41, 5.74) is 0. The number of allylic oxidation sites excluding steroid dienone is 13. The van der Waals surface area contributed by atoms with E-state index in [2.05, 4.69) is 92.1 Å². The minimum atomic E-state index is -1.99. The Morgan fingerprint density at radius 2 is 0.864 bits per heavy atom. The normalized spacial score (nSPS) is 30.4. The van der Waals surface area contributed by atoms with Gasteiger partial charge in [-0.3, -0.25) is 4.79 Å². The summed E-state index contributed by atoms with van der Waals surface area (Å²) in [5.74, 6) is -0.309. The summed E-state index contributed by atoms with van der Waals surface area (Å²) in [6.07, 6.45) is 27.0. The second-order valence-electron chi connectivity index (χ2n) is 21.4. The Bertz CT molecular complexity index is 1810. The minimum absolute atomic E-state index is 0.208. The third-order valence-electron chi connectivity index (χ3n) is 14.7. The van der Waals surface area contributed by atoms with E-state index in [1.807, 2.05) is 6.08 Å². The molecule has 0 bridgehead atoms. The molecule has 0 saturated carbocycles. The number of aliphatic hydroxyl groups excluding tert-OH is 11. The lowest BCUT2D eigenvalue weighted by molar-refractivity contribution is -0.379. The maximum Gasteiger partial charge on any atom is 0.220 e. The van der Waals surface area contributed by atoms with Crippen LogP contribution in [0.1, 0.15) is 168 Å². The van der Waals surface area contributed by atoms with Crippen LogP contribution in [0.2, 0.25) is 0 Å². The van der Waals surface area contributed by atoms with Crippen molar-refractivity contribution in [2.24, 2.45) is 0 Å². The lowest BCUT2D eigenvalue weighted by atomic mass is 9.96. The van der Waals surface area contributed by atoms with Gasteiger partial charge in [-0.25, -0.2) is 0 Å². The second kappa shape index (κ2) is 44.4. The summed E-state index contributed by atoms with van der Waals surface area (Å²) in [6.45, 7) is 1.54. The predicted molar refractivity (Wildman–Crippen MR) is 309 cm³/mol. The molecule has 19 heteroatoms. The summed E-state index contributed by atoms with van der Waals surface area (Å²) >= 11 is 0. The molecule has 3 aliphatic heterocycles. The van der Waals surface area contributed by atoms with E-state index in [0.29, 0.717) is 12.8 Å². The van der Waals surface area contributed by atoms with Gasteiger partial charge in [-0.1, -0.05) is 170 Å². The van der Waals surface area contributed by atoms with Crippen LogP contribution in [-0.2, 0) is 33.2 Å². The molecule has 1 amide bonds. The van der Waals surface area contributed by atoms with Crippen LogP contribution in [0, 0.1) is 0 Å². The quantitative estimate of drug-likeness (QED) is 0.0261. The monoisotopic (exact) mass is 1150 g/mol. The summed E-state index contributed by atoms with van der Waals surface area (Å²) in [5, 5.41) is 120. The lowest BCUT2D eigenvalue weighted by Gasteiger charge is -2.48. The van der Waals surface area contributed by atoms with Crippen molar-refractivity contribution >= 4 is 5.91 Å². The number of aliphatic hydroxyl groups is 11. The maximum absolute atomic E-state index is 13.3. The Hall–Kier alpha value is -3.03. The van der Waals surface area contributed by atoms with Gasteiger partial charge in [-0.05, 0) is 77.0 Å². The van der Waals surface area contributed by atoms with Crippen LogP contribution in [-0.4, -0.2) is 193 Å². The van der Waals surface area contributed by atoms with Gasteiger partial charge < -0.3 is 89.9 Å². The predicted octanol–water partition coefficient (Wildman–Crippen LogP) is 5.59. The molecule has 17 unspecified atom stereocenters. The molecule has 0 aliphatic carbocycles. The van der Waals surface area contributed by atoms with E-state index in [1.165, 1.54) is 51.4 Å². The largest absolute Gasteiger partial charge is 0.394 e. The number of ether oxygens (including phenoxy) is 6. The van der Waals surface area contributed by atoms with E-state index >= 15 is 0 Å². The molecule has 3 rings (SSSR count). The van der Waals surface area contributed by atoms with Crippen LogP contribution in [0.5, 0.6) is 0 Å². The first-order chi connectivity index (χ1) is 39.3. The van der Waals surface area contributed by atoms with Crippen molar-refractivity contribution in [3.63, 3.8) is 0 Å². The summed E-state index contributed by atoms with van der Waals surface area (Å²) in [4.78, 5) is 13.3. The average molecular weight is 1150 g/mol. The number of unbranched alkanes of at least 4 members (excludes halogenated alkanes) is 15. The molecule has 3 heterocycles.